The van der Waals surface area contributed by atoms with Gasteiger partial charge in [-0.3, -0.25) is 9.69 Å². The van der Waals surface area contributed by atoms with Gasteiger partial charge in [-0.05, 0) is 61.8 Å². The second kappa shape index (κ2) is 9.18. The number of nitrogens with zero attached hydrogens (tertiary/aromatic N) is 1. The molecule has 8 rings (SSSR count). The van der Waals surface area contributed by atoms with Gasteiger partial charge >= 0.3 is 5.97 Å². The molecule has 212 valence electrons. The van der Waals surface area contributed by atoms with E-state index in [0.717, 1.165) is 55.3 Å². The van der Waals surface area contributed by atoms with Crippen LogP contribution in [-0.2, 0) is 37.4 Å². The van der Waals surface area contributed by atoms with Gasteiger partial charge in [-0.2, -0.15) is 0 Å². The first kappa shape index (κ1) is 25.1. The molecule has 40 heavy (non-hydrogen) atoms. The lowest BCUT2D eigenvalue weighted by atomic mass is 9.48. The van der Waals surface area contributed by atoms with Crippen molar-refractivity contribution >= 4 is 5.97 Å². The summed E-state index contributed by atoms with van der Waals surface area (Å²) in [7, 11) is 0. The van der Waals surface area contributed by atoms with Crippen LogP contribution in [0, 0.1) is 5.92 Å². The zero-order valence-corrected chi connectivity index (χ0v) is 22.8. The van der Waals surface area contributed by atoms with Crippen LogP contribution in [0.4, 0.5) is 0 Å². The molecule has 3 aliphatic heterocycles. The number of ether oxygens (including phenoxy) is 5. The highest BCUT2D eigenvalue weighted by Crippen LogP contribution is 2.69. The number of hydrogen-bond acceptors (Lipinski definition) is 7. The predicted octanol–water partition coefficient (Wildman–Crippen LogP) is 4.07. The minimum absolute atomic E-state index is 0.0171. The molecule has 2 spiro atoms. The summed E-state index contributed by atoms with van der Waals surface area (Å²) >= 11 is 0. The van der Waals surface area contributed by atoms with Crippen LogP contribution in [0.5, 0.6) is 11.5 Å². The number of fused-ring (bicyclic) bond motifs is 1. The van der Waals surface area contributed by atoms with Crippen LogP contribution in [-0.4, -0.2) is 72.4 Å². The van der Waals surface area contributed by atoms with Crippen LogP contribution in [0.25, 0.3) is 0 Å². The lowest BCUT2D eigenvalue weighted by molar-refractivity contribution is -0.306. The maximum absolute atomic E-state index is 11.6. The zero-order valence-electron chi connectivity index (χ0n) is 22.8. The minimum Gasteiger partial charge on any atom is -0.485 e. The van der Waals surface area contributed by atoms with Gasteiger partial charge in [0.25, 0.3) is 0 Å². The molecule has 1 N–H and O–H groups in total. The Hall–Kier alpha value is -2.65. The third kappa shape index (κ3) is 3.55. The number of aliphatic carboxylic acids is 1. The van der Waals surface area contributed by atoms with E-state index in [1.54, 1.807) is 0 Å². The Balaban J connectivity index is 1.26. The van der Waals surface area contributed by atoms with Crippen molar-refractivity contribution in [2.24, 2.45) is 5.92 Å². The Kier molecular flexibility index (Phi) is 5.76. The van der Waals surface area contributed by atoms with Crippen LogP contribution in [0.1, 0.15) is 55.2 Å². The molecule has 2 aromatic carbocycles. The van der Waals surface area contributed by atoms with E-state index in [1.165, 1.54) is 24.0 Å². The van der Waals surface area contributed by atoms with Crippen LogP contribution in [0.15, 0.2) is 42.5 Å². The Morgan fingerprint density at radius 3 is 2.65 bits per heavy atom. The minimum atomic E-state index is -0.840. The average Bonchev–Trinajstić information content (AvgIpc) is 3.52. The number of carbonyl (C=O) groups is 1. The largest absolute Gasteiger partial charge is 0.485 e. The summed E-state index contributed by atoms with van der Waals surface area (Å²) < 4.78 is 33.3. The lowest BCUT2D eigenvalue weighted by Gasteiger charge is -2.67. The first-order chi connectivity index (χ1) is 19.5. The first-order valence-corrected chi connectivity index (χ1v) is 14.9. The summed E-state index contributed by atoms with van der Waals surface area (Å²) in [5.41, 5.74) is 2.46. The van der Waals surface area contributed by atoms with Gasteiger partial charge in [0.05, 0.1) is 37.3 Å². The Bertz CT molecular complexity index is 1310. The summed E-state index contributed by atoms with van der Waals surface area (Å²) in [5.74, 6) is 0.601. The van der Waals surface area contributed by atoms with E-state index >= 15 is 0 Å². The van der Waals surface area contributed by atoms with Crippen molar-refractivity contribution in [2.45, 2.75) is 80.5 Å². The fraction of sp³-hybridized carbons (Fsp3) is 0.594. The molecular weight excluding hydrogens is 510 g/mol. The van der Waals surface area contributed by atoms with E-state index in [-0.39, 0.29) is 25.2 Å². The summed E-state index contributed by atoms with van der Waals surface area (Å²) in [5, 5.41) is 9.52. The Labute approximate surface area is 234 Å². The molecule has 3 aliphatic carbocycles. The van der Waals surface area contributed by atoms with Gasteiger partial charge in [0.15, 0.2) is 17.6 Å². The summed E-state index contributed by atoms with van der Waals surface area (Å²) in [6, 6.07) is 14.6. The van der Waals surface area contributed by atoms with E-state index in [0.29, 0.717) is 26.2 Å². The maximum Gasteiger partial charge on any atom is 0.305 e. The molecule has 0 aromatic heterocycles. The molecule has 4 fully saturated rings. The molecule has 3 heterocycles. The fourth-order valence-electron chi connectivity index (χ4n) is 8.63. The van der Waals surface area contributed by atoms with Crippen molar-refractivity contribution in [3.05, 3.63) is 59.2 Å². The highest BCUT2D eigenvalue weighted by atomic mass is 16.8. The second-order valence-corrected chi connectivity index (χ2v) is 12.5. The van der Waals surface area contributed by atoms with Crippen molar-refractivity contribution in [3.63, 3.8) is 0 Å². The predicted molar refractivity (Wildman–Crippen MR) is 145 cm³/mol. The maximum atomic E-state index is 11.6. The number of hydrogen-bond donors (Lipinski definition) is 1. The lowest BCUT2D eigenvalue weighted by Crippen LogP contribution is -2.80. The molecule has 2 bridgehead atoms. The summed E-state index contributed by atoms with van der Waals surface area (Å²) in [4.78, 5) is 14.2. The summed E-state index contributed by atoms with van der Waals surface area (Å²) in [6.07, 6.45) is 5.29. The van der Waals surface area contributed by atoms with Gasteiger partial charge in [0.2, 0.25) is 5.79 Å². The number of carboxylic acids is 1. The molecule has 8 nitrogen and oxygen atoms in total. The van der Waals surface area contributed by atoms with E-state index in [1.807, 2.05) is 18.2 Å². The van der Waals surface area contributed by atoms with Crippen molar-refractivity contribution in [3.8, 4) is 11.5 Å². The van der Waals surface area contributed by atoms with Crippen LogP contribution >= 0.6 is 0 Å². The second-order valence-electron chi connectivity index (χ2n) is 12.5. The number of likely N-dealkylation sites (tertiary alicyclic amines) is 1. The van der Waals surface area contributed by atoms with Crippen LogP contribution in [0.3, 0.4) is 0 Å². The third-order valence-corrected chi connectivity index (χ3v) is 10.4. The van der Waals surface area contributed by atoms with Gasteiger partial charge in [0.1, 0.15) is 6.61 Å². The number of rotatable bonds is 9. The van der Waals surface area contributed by atoms with Crippen molar-refractivity contribution < 1.29 is 33.6 Å². The topological polar surface area (TPSA) is 86.7 Å². The van der Waals surface area contributed by atoms with E-state index in [4.69, 9.17) is 23.7 Å². The molecule has 0 amide bonds. The molecular formula is C32H37NO7. The number of piperidine rings is 1. The molecule has 6 aliphatic rings. The first-order valence-electron chi connectivity index (χ1n) is 14.9. The Morgan fingerprint density at radius 1 is 1.05 bits per heavy atom. The van der Waals surface area contributed by atoms with Crippen LogP contribution < -0.4 is 9.47 Å². The molecule has 0 radical (unpaired) electrons. The Morgan fingerprint density at radius 2 is 1.88 bits per heavy atom. The standard InChI is InChI=1S/C32H37NO7/c34-26(35)10-15-37-31-11-12-32(38-16-17-39-32)29-30(31)13-14-33(19-21-6-7-21)25(31)18-23-8-9-24(28(40-29)27(23)30)36-20-22-4-2-1-3-5-22/h1-5,8-9,21,25,29H,6-7,10-20H2,(H,34,35)/t25-,29-,30+,31-/m1/s1. The molecule has 8 heteroatoms. The highest BCUT2D eigenvalue weighted by molar-refractivity contribution is 5.67. The van der Waals surface area contributed by atoms with Gasteiger partial charge in [-0.15, -0.1) is 0 Å². The fourth-order valence-corrected chi connectivity index (χ4v) is 8.63. The van der Waals surface area contributed by atoms with Gasteiger partial charge in [-0.25, -0.2) is 0 Å². The van der Waals surface area contributed by atoms with Crippen LogP contribution in [0.2, 0.25) is 0 Å². The monoisotopic (exact) mass is 547 g/mol. The van der Waals surface area contributed by atoms with E-state index in [2.05, 4.69) is 29.2 Å². The summed E-state index contributed by atoms with van der Waals surface area (Å²) in [6.45, 7) is 3.75. The SMILES string of the molecule is O=C(O)CCO[C@@]12CCC3(OCCO3)[C@@H]3Oc4c(OCc5ccccc5)ccc5c4[C@@]31CCN(CC1CC1)[C@@H]2C5. The van der Waals surface area contributed by atoms with E-state index in [9.17, 15) is 9.90 Å². The zero-order chi connectivity index (χ0) is 27.0. The number of benzene rings is 2. The van der Waals surface area contributed by atoms with Crippen molar-refractivity contribution in [1.29, 1.82) is 0 Å². The van der Waals surface area contributed by atoms with E-state index < -0.39 is 22.8 Å². The van der Waals surface area contributed by atoms with Gasteiger partial charge < -0.3 is 28.8 Å². The van der Waals surface area contributed by atoms with Gasteiger partial charge in [0, 0.05) is 24.6 Å². The third-order valence-electron chi connectivity index (χ3n) is 10.4. The number of carboxylic acid groups (broad SMARTS) is 1. The molecule has 2 saturated carbocycles. The van der Waals surface area contributed by atoms with Crippen molar-refractivity contribution in [2.75, 3.05) is 32.9 Å². The normalized spacial score (nSPS) is 33.0. The van der Waals surface area contributed by atoms with Crippen molar-refractivity contribution in [1.82, 2.24) is 4.90 Å². The smallest absolute Gasteiger partial charge is 0.305 e. The molecule has 2 aromatic rings. The molecule has 2 saturated heterocycles. The highest BCUT2D eigenvalue weighted by Gasteiger charge is 2.78. The van der Waals surface area contributed by atoms with Gasteiger partial charge in [-0.1, -0.05) is 36.4 Å². The quantitative estimate of drug-likeness (QED) is 0.503. The molecule has 4 atom stereocenters. The average molecular weight is 548 g/mol. The molecule has 0 unspecified atom stereocenters.